The molecular weight excluding hydrogens is 318 g/mol. The molecule has 5 unspecified atom stereocenters. The van der Waals surface area contributed by atoms with Crippen LogP contribution < -0.4 is 10.6 Å². The highest BCUT2D eigenvalue weighted by Gasteiger charge is 2.45. The Morgan fingerprint density at radius 3 is 2.75 bits per heavy atom. The first-order chi connectivity index (χ1) is 9.67. The number of nitriles is 1. The predicted octanol–water partition coefficient (Wildman–Crippen LogP) is 2.14. The maximum absolute atomic E-state index is 9.02. The first-order valence-electron chi connectivity index (χ1n) is 7.86. The summed E-state index contributed by atoms with van der Waals surface area (Å²) in [6.45, 7) is 3.20. The molecule has 3 aliphatic rings. The molecule has 5 atom stereocenters. The number of ether oxygens (including phenoxy) is 1. The topological polar surface area (TPSA) is 57.1 Å². The van der Waals surface area contributed by atoms with Crippen LogP contribution in [0.15, 0.2) is 0 Å². The van der Waals surface area contributed by atoms with Gasteiger partial charge in [-0.1, -0.05) is 22.9 Å². The number of alkyl halides is 1. The zero-order chi connectivity index (χ0) is 14.1. The number of fused-ring (bicyclic) bond motifs is 1. The average Bonchev–Trinajstić information content (AvgIpc) is 2.88. The molecule has 0 aromatic carbocycles. The lowest BCUT2D eigenvalue weighted by molar-refractivity contribution is 0.0399. The van der Waals surface area contributed by atoms with E-state index in [4.69, 9.17) is 10.00 Å². The zero-order valence-electron chi connectivity index (χ0n) is 12.0. The lowest BCUT2D eigenvalue weighted by atomic mass is 9.86. The number of hydrogen-bond acceptors (Lipinski definition) is 4. The van der Waals surface area contributed by atoms with Gasteiger partial charge in [0.05, 0.1) is 18.3 Å². The number of piperidine rings is 1. The van der Waals surface area contributed by atoms with Crippen LogP contribution in [0.3, 0.4) is 0 Å². The Balaban J connectivity index is 1.55. The maximum atomic E-state index is 9.02. The molecule has 1 saturated carbocycles. The minimum Gasteiger partial charge on any atom is -0.358 e. The average molecular weight is 342 g/mol. The maximum Gasteiger partial charge on any atom is 0.144 e. The van der Waals surface area contributed by atoms with Gasteiger partial charge in [-0.2, -0.15) is 5.26 Å². The Hall–Kier alpha value is -0.150. The third kappa shape index (κ3) is 3.04. The van der Waals surface area contributed by atoms with Crippen molar-refractivity contribution in [3.05, 3.63) is 0 Å². The van der Waals surface area contributed by atoms with E-state index in [-0.39, 0.29) is 12.2 Å². The number of hydrogen-bond donors (Lipinski definition) is 2. The van der Waals surface area contributed by atoms with Crippen LogP contribution >= 0.6 is 15.9 Å². The molecule has 20 heavy (non-hydrogen) atoms. The third-order valence-corrected chi connectivity index (χ3v) is 6.35. The first-order valence-corrected chi connectivity index (χ1v) is 8.77. The molecule has 2 heterocycles. The van der Waals surface area contributed by atoms with Gasteiger partial charge in [0.15, 0.2) is 0 Å². The molecule has 2 saturated heterocycles. The van der Waals surface area contributed by atoms with Crippen molar-refractivity contribution in [1.29, 1.82) is 5.26 Å². The Morgan fingerprint density at radius 2 is 2.05 bits per heavy atom. The Kier molecular flexibility index (Phi) is 4.66. The SMILES string of the molecule is CC1CCC(NC2NCC3OC(C#N)CC3C2Br)CC1. The van der Waals surface area contributed by atoms with Crippen LogP contribution in [0.2, 0.25) is 0 Å². The summed E-state index contributed by atoms with van der Waals surface area (Å²) in [6, 6.07) is 2.88. The van der Waals surface area contributed by atoms with Gasteiger partial charge in [0.25, 0.3) is 0 Å². The molecule has 112 valence electrons. The summed E-state index contributed by atoms with van der Waals surface area (Å²) >= 11 is 3.84. The normalized spacial score (nSPS) is 48.5. The Bertz CT molecular complexity index is 378. The van der Waals surface area contributed by atoms with E-state index in [2.05, 4.69) is 39.6 Å². The molecule has 3 rings (SSSR count). The molecule has 5 heteroatoms. The number of halogens is 1. The minimum atomic E-state index is -0.221. The summed E-state index contributed by atoms with van der Waals surface area (Å²) in [4.78, 5) is 0.346. The van der Waals surface area contributed by atoms with Crippen molar-refractivity contribution in [3.63, 3.8) is 0 Å². The van der Waals surface area contributed by atoms with Crippen molar-refractivity contribution < 1.29 is 4.74 Å². The summed E-state index contributed by atoms with van der Waals surface area (Å²) in [7, 11) is 0. The molecule has 0 spiro atoms. The van der Waals surface area contributed by atoms with E-state index in [9.17, 15) is 0 Å². The van der Waals surface area contributed by atoms with E-state index >= 15 is 0 Å². The molecule has 3 fully saturated rings. The highest BCUT2D eigenvalue weighted by molar-refractivity contribution is 9.09. The first kappa shape index (κ1) is 14.8. The van der Waals surface area contributed by atoms with Crippen molar-refractivity contribution in [2.24, 2.45) is 11.8 Å². The number of nitrogens with one attached hydrogen (secondary N) is 2. The lowest BCUT2D eigenvalue weighted by Gasteiger charge is -2.40. The second-order valence-electron chi connectivity index (χ2n) is 6.65. The quantitative estimate of drug-likeness (QED) is 0.755. The predicted molar refractivity (Wildman–Crippen MR) is 81.4 cm³/mol. The van der Waals surface area contributed by atoms with Gasteiger partial charge >= 0.3 is 0 Å². The summed E-state index contributed by atoms with van der Waals surface area (Å²) in [5.74, 6) is 1.33. The van der Waals surface area contributed by atoms with Crippen LogP contribution in [0.25, 0.3) is 0 Å². The van der Waals surface area contributed by atoms with Crippen LogP contribution in [0.4, 0.5) is 0 Å². The van der Waals surface area contributed by atoms with Crippen LogP contribution in [-0.2, 0) is 4.74 Å². The monoisotopic (exact) mass is 341 g/mol. The fourth-order valence-corrected chi connectivity index (χ4v) is 4.71. The van der Waals surface area contributed by atoms with Crippen molar-refractivity contribution in [1.82, 2.24) is 10.6 Å². The van der Waals surface area contributed by atoms with E-state index in [0.717, 1.165) is 18.9 Å². The number of rotatable bonds is 2. The molecule has 1 aliphatic carbocycles. The fourth-order valence-electron chi connectivity index (χ4n) is 3.82. The molecule has 2 N–H and O–H groups in total. The summed E-state index contributed by atoms with van der Waals surface area (Å²) < 4.78 is 5.76. The Morgan fingerprint density at radius 1 is 1.30 bits per heavy atom. The summed E-state index contributed by atoms with van der Waals surface area (Å²) in [5.41, 5.74) is 0. The van der Waals surface area contributed by atoms with Gasteiger partial charge in [-0.3, -0.25) is 10.6 Å². The van der Waals surface area contributed by atoms with Gasteiger partial charge in [0.1, 0.15) is 6.10 Å². The van der Waals surface area contributed by atoms with Crippen molar-refractivity contribution in [2.75, 3.05) is 6.54 Å². The zero-order valence-corrected chi connectivity index (χ0v) is 13.6. The second-order valence-corrected chi connectivity index (χ2v) is 7.70. The molecule has 0 bridgehead atoms. The second kappa shape index (κ2) is 6.31. The molecule has 2 aliphatic heterocycles. The standard InChI is InChI=1S/C15H24BrN3O/c1-9-2-4-10(5-3-9)19-15-14(16)12-6-11(7-17)20-13(12)8-18-15/h9-15,18-19H,2-6,8H2,1H3. The van der Waals surface area contributed by atoms with Crippen LogP contribution in [-0.4, -0.2) is 35.8 Å². The summed E-state index contributed by atoms with van der Waals surface area (Å²) in [6.07, 6.45) is 6.37. The van der Waals surface area contributed by atoms with E-state index in [1.807, 2.05) is 0 Å². The number of nitrogens with zero attached hydrogens (tertiary/aromatic N) is 1. The van der Waals surface area contributed by atoms with Gasteiger partial charge in [-0.15, -0.1) is 0 Å². The van der Waals surface area contributed by atoms with Crippen molar-refractivity contribution in [2.45, 2.75) is 68.3 Å². The highest BCUT2D eigenvalue weighted by atomic mass is 79.9. The largest absolute Gasteiger partial charge is 0.358 e. The molecule has 0 radical (unpaired) electrons. The van der Waals surface area contributed by atoms with Gasteiger partial charge in [0, 0.05) is 23.3 Å². The molecule has 0 amide bonds. The molecule has 4 nitrogen and oxygen atoms in total. The third-order valence-electron chi connectivity index (χ3n) is 5.14. The molecule has 0 aromatic rings. The van der Waals surface area contributed by atoms with Crippen LogP contribution in [0.5, 0.6) is 0 Å². The van der Waals surface area contributed by atoms with Crippen molar-refractivity contribution >= 4 is 15.9 Å². The van der Waals surface area contributed by atoms with Gasteiger partial charge < -0.3 is 4.74 Å². The smallest absolute Gasteiger partial charge is 0.144 e. The summed E-state index contributed by atoms with van der Waals surface area (Å²) in [5, 5.41) is 16.4. The lowest BCUT2D eigenvalue weighted by Crippen LogP contribution is -2.61. The van der Waals surface area contributed by atoms with Crippen molar-refractivity contribution in [3.8, 4) is 6.07 Å². The minimum absolute atomic E-state index is 0.188. The van der Waals surface area contributed by atoms with E-state index in [1.165, 1.54) is 25.7 Å². The highest BCUT2D eigenvalue weighted by Crippen LogP contribution is 2.36. The van der Waals surface area contributed by atoms with Crippen LogP contribution in [0, 0.1) is 23.2 Å². The molecule has 0 aromatic heterocycles. The Labute approximate surface area is 129 Å². The van der Waals surface area contributed by atoms with E-state index in [0.29, 0.717) is 23.0 Å². The van der Waals surface area contributed by atoms with Gasteiger partial charge in [-0.05, 0) is 38.0 Å². The van der Waals surface area contributed by atoms with Crippen LogP contribution in [0.1, 0.15) is 39.0 Å². The van der Waals surface area contributed by atoms with E-state index < -0.39 is 0 Å². The van der Waals surface area contributed by atoms with Gasteiger partial charge in [-0.25, -0.2) is 0 Å². The fraction of sp³-hybridized carbons (Fsp3) is 0.933. The van der Waals surface area contributed by atoms with E-state index in [1.54, 1.807) is 0 Å². The van der Waals surface area contributed by atoms with Gasteiger partial charge in [0.2, 0.25) is 0 Å². The molecular formula is C15H24BrN3O.